The van der Waals surface area contributed by atoms with Crippen molar-refractivity contribution >= 4 is 21.8 Å². The summed E-state index contributed by atoms with van der Waals surface area (Å²) in [5.41, 5.74) is 1.99. The molecular weight excluding hydrogens is 414 g/mol. The largest absolute Gasteiger partial charge is 0.283 e. The number of likely N-dealkylation sites (tertiary alicyclic amines) is 1. The molecule has 1 spiro atoms. The molecule has 7 nitrogen and oxygen atoms in total. The second-order valence-corrected chi connectivity index (χ2v) is 11.5. The second kappa shape index (κ2) is 7.98. The normalized spacial score (nSPS) is 24.8. The Kier molecular flexibility index (Phi) is 5.43. The summed E-state index contributed by atoms with van der Waals surface area (Å²) < 4.78 is 27.9. The van der Waals surface area contributed by atoms with Gasteiger partial charge in [0, 0.05) is 32.6 Å². The molecule has 2 aliphatic heterocycles. The van der Waals surface area contributed by atoms with Gasteiger partial charge < -0.3 is 0 Å². The van der Waals surface area contributed by atoms with E-state index < -0.39 is 15.4 Å². The lowest BCUT2D eigenvalue weighted by atomic mass is 9.85. The molecule has 2 heterocycles. The number of rotatable bonds is 4. The summed E-state index contributed by atoms with van der Waals surface area (Å²) in [6.07, 6.45) is 8.29. The van der Waals surface area contributed by atoms with E-state index in [1.165, 1.54) is 16.9 Å². The van der Waals surface area contributed by atoms with Gasteiger partial charge in [-0.3, -0.25) is 19.4 Å². The molecule has 2 aliphatic carbocycles. The van der Waals surface area contributed by atoms with Gasteiger partial charge in [0.1, 0.15) is 0 Å². The summed E-state index contributed by atoms with van der Waals surface area (Å²) in [7, 11) is -3.53. The van der Waals surface area contributed by atoms with Crippen LogP contribution in [0.4, 0.5) is 0 Å². The Morgan fingerprint density at radius 1 is 0.871 bits per heavy atom. The third-order valence-electron chi connectivity index (χ3n) is 7.68. The van der Waals surface area contributed by atoms with Crippen molar-refractivity contribution in [3.63, 3.8) is 0 Å². The van der Waals surface area contributed by atoms with E-state index in [4.69, 9.17) is 0 Å². The highest BCUT2D eigenvalue weighted by Gasteiger charge is 2.52. The molecule has 3 fully saturated rings. The van der Waals surface area contributed by atoms with Gasteiger partial charge in [-0.2, -0.15) is 4.31 Å². The fourth-order valence-corrected chi connectivity index (χ4v) is 7.25. The molecule has 0 bridgehead atoms. The van der Waals surface area contributed by atoms with E-state index in [2.05, 4.69) is 0 Å². The van der Waals surface area contributed by atoms with Crippen LogP contribution in [0.15, 0.2) is 23.1 Å². The van der Waals surface area contributed by atoms with Crippen LogP contribution >= 0.6 is 0 Å². The van der Waals surface area contributed by atoms with E-state index in [1.807, 2.05) is 17.0 Å². The SMILES string of the molecule is O=C1CC2(CCCC2)C(=O)N1CN1CCN(S(=O)(=O)c2ccc3c(c2)CCCC3)CC1. The van der Waals surface area contributed by atoms with Crippen molar-refractivity contribution < 1.29 is 18.0 Å². The Labute approximate surface area is 184 Å². The summed E-state index contributed by atoms with van der Waals surface area (Å²) in [5.74, 6) is -0.0879. The van der Waals surface area contributed by atoms with Crippen molar-refractivity contribution in [2.75, 3.05) is 32.8 Å². The average molecular weight is 446 g/mol. The molecule has 31 heavy (non-hydrogen) atoms. The molecule has 2 amide bonds. The first-order valence-electron chi connectivity index (χ1n) is 11.6. The summed E-state index contributed by atoms with van der Waals surface area (Å²) in [4.78, 5) is 29.3. The summed E-state index contributed by atoms with van der Waals surface area (Å²) in [6, 6.07) is 5.58. The molecule has 0 unspecified atom stereocenters. The lowest BCUT2D eigenvalue weighted by Gasteiger charge is -2.36. The molecule has 5 rings (SSSR count). The van der Waals surface area contributed by atoms with Gasteiger partial charge in [-0.1, -0.05) is 18.9 Å². The van der Waals surface area contributed by atoms with Crippen LogP contribution < -0.4 is 0 Å². The van der Waals surface area contributed by atoms with Gasteiger partial charge in [0.15, 0.2) is 0 Å². The molecule has 8 heteroatoms. The van der Waals surface area contributed by atoms with Gasteiger partial charge in [-0.15, -0.1) is 0 Å². The fourth-order valence-electron chi connectivity index (χ4n) is 5.78. The zero-order valence-electron chi connectivity index (χ0n) is 18.0. The molecule has 0 N–H and O–H groups in total. The number of imide groups is 1. The molecule has 2 saturated heterocycles. The summed E-state index contributed by atoms with van der Waals surface area (Å²) in [6.45, 7) is 2.08. The van der Waals surface area contributed by atoms with Gasteiger partial charge in [0.2, 0.25) is 21.8 Å². The van der Waals surface area contributed by atoms with Gasteiger partial charge in [0.25, 0.3) is 0 Å². The fraction of sp³-hybridized carbons (Fsp3) is 0.652. The molecular formula is C23H31N3O4S. The van der Waals surface area contributed by atoms with Crippen LogP contribution in [-0.4, -0.2) is 67.2 Å². The van der Waals surface area contributed by atoms with Gasteiger partial charge in [-0.05, 0) is 61.8 Å². The molecule has 0 aromatic heterocycles. The Bertz CT molecular complexity index is 992. The highest BCUT2D eigenvalue weighted by Crippen LogP contribution is 2.46. The van der Waals surface area contributed by atoms with E-state index in [9.17, 15) is 18.0 Å². The van der Waals surface area contributed by atoms with Crippen LogP contribution in [0.5, 0.6) is 0 Å². The molecule has 1 aromatic carbocycles. The first-order chi connectivity index (χ1) is 14.9. The van der Waals surface area contributed by atoms with E-state index >= 15 is 0 Å². The Morgan fingerprint density at radius 3 is 2.26 bits per heavy atom. The van der Waals surface area contributed by atoms with Gasteiger partial charge in [-0.25, -0.2) is 8.42 Å². The third kappa shape index (κ3) is 3.72. The van der Waals surface area contributed by atoms with Crippen molar-refractivity contribution in [1.82, 2.24) is 14.1 Å². The minimum Gasteiger partial charge on any atom is -0.283 e. The lowest BCUT2D eigenvalue weighted by Crippen LogP contribution is -2.52. The number of carbonyl (C=O) groups excluding carboxylic acids is 2. The number of piperazine rings is 1. The monoisotopic (exact) mass is 445 g/mol. The number of aryl methyl sites for hydroxylation is 2. The number of sulfonamides is 1. The number of fused-ring (bicyclic) bond motifs is 1. The minimum atomic E-state index is -3.53. The van der Waals surface area contributed by atoms with E-state index in [-0.39, 0.29) is 18.5 Å². The van der Waals surface area contributed by atoms with Crippen LogP contribution in [-0.2, 0) is 32.5 Å². The quantitative estimate of drug-likeness (QED) is 0.664. The van der Waals surface area contributed by atoms with Crippen LogP contribution in [0.25, 0.3) is 0 Å². The highest BCUT2D eigenvalue weighted by molar-refractivity contribution is 7.89. The lowest BCUT2D eigenvalue weighted by molar-refractivity contribution is -0.144. The average Bonchev–Trinajstić information content (AvgIpc) is 3.34. The van der Waals surface area contributed by atoms with E-state index in [0.29, 0.717) is 37.5 Å². The van der Waals surface area contributed by atoms with Crippen molar-refractivity contribution in [2.24, 2.45) is 5.41 Å². The maximum atomic E-state index is 13.2. The van der Waals surface area contributed by atoms with Crippen LogP contribution in [0.1, 0.15) is 56.1 Å². The topological polar surface area (TPSA) is 78.0 Å². The smallest absolute Gasteiger partial charge is 0.243 e. The predicted molar refractivity (Wildman–Crippen MR) is 116 cm³/mol. The Morgan fingerprint density at radius 2 is 1.55 bits per heavy atom. The van der Waals surface area contributed by atoms with Crippen molar-refractivity contribution in [1.29, 1.82) is 0 Å². The first kappa shape index (κ1) is 21.1. The number of amides is 2. The zero-order chi connectivity index (χ0) is 21.6. The maximum absolute atomic E-state index is 13.2. The number of carbonyl (C=O) groups is 2. The van der Waals surface area contributed by atoms with Crippen LogP contribution in [0.2, 0.25) is 0 Å². The highest BCUT2D eigenvalue weighted by atomic mass is 32.2. The van der Waals surface area contributed by atoms with Crippen molar-refractivity contribution in [3.8, 4) is 0 Å². The molecule has 0 atom stereocenters. The predicted octanol–water partition coefficient (Wildman–Crippen LogP) is 2.15. The van der Waals surface area contributed by atoms with Crippen LogP contribution in [0, 0.1) is 5.41 Å². The number of hydrogen-bond acceptors (Lipinski definition) is 5. The maximum Gasteiger partial charge on any atom is 0.243 e. The Hall–Kier alpha value is -1.77. The van der Waals surface area contributed by atoms with E-state index in [1.54, 1.807) is 10.4 Å². The number of nitrogens with zero attached hydrogens (tertiary/aromatic N) is 3. The third-order valence-corrected chi connectivity index (χ3v) is 9.58. The van der Waals surface area contributed by atoms with Crippen molar-refractivity contribution in [2.45, 2.75) is 62.7 Å². The Balaban J connectivity index is 1.22. The van der Waals surface area contributed by atoms with Crippen molar-refractivity contribution in [3.05, 3.63) is 29.3 Å². The van der Waals surface area contributed by atoms with E-state index in [0.717, 1.165) is 50.5 Å². The number of hydrogen-bond donors (Lipinski definition) is 0. The summed E-state index contributed by atoms with van der Waals surface area (Å²) in [5, 5.41) is 0. The molecule has 1 aromatic rings. The van der Waals surface area contributed by atoms with Gasteiger partial charge >= 0.3 is 0 Å². The summed E-state index contributed by atoms with van der Waals surface area (Å²) >= 11 is 0. The van der Waals surface area contributed by atoms with Gasteiger partial charge in [0.05, 0.1) is 17.0 Å². The molecule has 168 valence electrons. The molecule has 0 radical (unpaired) electrons. The second-order valence-electron chi connectivity index (χ2n) is 9.59. The zero-order valence-corrected chi connectivity index (χ0v) is 18.8. The van der Waals surface area contributed by atoms with Crippen LogP contribution in [0.3, 0.4) is 0 Å². The first-order valence-corrected chi connectivity index (χ1v) is 13.0. The minimum absolute atomic E-state index is 0.0147. The number of benzene rings is 1. The standard InChI is InChI=1S/C23H31N3O4S/c27-21-16-23(9-3-4-10-23)22(28)26(21)17-24-11-13-25(14-12-24)31(29,30)20-8-7-18-5-1-2-6-19(18)15-20/h7-8,15H,1-6,9-14,16-17H2. The molecule has 4 aliphatic rings. The molecule has 1 saturated carbocycles.